The fraction of sp³-hybridized carbons (Fsp3) is 0.667. The predicted octanol–water partition coefficient (Wildman–Crippen LogP) is 1.62. The molecule has 1 N–H and O–H groups in total. The fourth-order valence-corrected chi connectivity index (χ4v) is 3.63. The van der Waals surface area contributed by atoms with Crippen molar-refractivity contribution in [1.82, 2.24) is 15.1 Å². The van der Waals surface area contributed by atoms with Gasteiger partial charge in [-0.25, -0.2) is 0 Å². The first-order valence-electron chi connectivity index (χ1n) is 8.98. The van der Waals surface area contributed by atoms with Gasteiger partial charge in [-0.1, -0.05) is 6.92 Å². The zero-order valence-electron chi connectivity index (χ0n) is 14.4. The highest BCUT2D eigenvalue weighted by molar-refractivity contribution is 5.89. The highest BCUT2D eigenvalue weighted by atomic mass is 16.3. The second-order valence-corrected chi connectivity index (χ2v) is 6.88. The number of piperidine rings is 1. The Bertz CT molecular complexity index is 550. The second kappa shape index (κ2) is 7.83. The Morgan fingerprint density at radius 1 is 1.38 bits per heavy atom. The van der Waals surface area contributed by atoms with E-state index in [2.05, 4.69) is 17.1 Å². The topological polar surface area (TPSA) is 65.8 Å². The molecule has 1 aromatic heterocycles. The van der Waals surface area contributed by atoms with E-state index in [1.165, 1.54) is 6.42 Å². The molecular formula is C18H27N3O3. The molecule has 6 nitrogen and oxygen atoms in total. The molecule has 2 aliphatic heterocycles. The van der Waals surface area contributed by atoms with Gasteiger partial charge in [0, 0.05) is 32.1 Å². The van der Waals surface area contributed by atoms with Gasteiger partial charge in [-0.05, 0) is 37.9 Å². The van der Waals surface area contributed by atoms with E-state index < -0.39 is 0 Å². The number of carbonyl (C=O) groups excluding carboxylic acids is 2. The van der Waals surface area contributed by atoms with Gasteiger partial charge in [-0.2, -0.15) is 0 Å². The highest BCUT2D eigenvalue weighted by Gasteiger charge is 2.35. The number of likely N-dealkylation sites (tertiary alicyclic amines) is 2. The minimum Gasteiger partial charge on any atom is -0.467 e. The molecule has 0 spiro atoms. The molecule has 0 aromatic carbocycles. The van der Waals surface area contributed by atoms with Crippen molar-refractivity contribution in [2.75, 3.05) is 26.2 Å². The first-order valence-corrected chi connectivity index (χ1v) is 8.98. The van der Waals surface area contributed by atoms with Crippen molar-refractivity contribution in [2.45, 2.75) is 45.2 Å². The van der Waals surface area contributed by atoms with Crippen LogP contribution in [0.25, 0.3) is 0 Å². The molecule has 3 heterocycles. The molecule has 6 heteroatoms. The third kappa shape index (κ3) is 4.17. The van der Waals surface area contributed by atoms with Gasteiger partial charge in [0.05, 0.1) is 18.7 Å². The molecule has 0 bridgehead atoms. The van der Waals surface area contributed by atoms with Crippen molar-refractivity contribution >= 4 is 11.8 Å². The molecule has 2 fully saturated rings. The summed E-state index contributed by atoms with van der Waals surface area (Å²) in [4.78, 5) is 28.8. The van der Waals surface area contributed by atoms with Crippen molar-refractivity contribution in [3.8, 4) is 0 Å². The van der Waals surface area contributed by atoms with Crippen LogP contribution in [0.1, 0.15) is 38.4 Å². The van der Waals surface area contributed by atoms with E-state index in [0.29, 0.717) is 19.5 Å². The van der Waals surface area contributed by atoms with Crippen LogP contribution < -0.4 is 5.32 Å². The molecule has 1 atom stereocenters. The van der Waals surface area contributed by atoms with Crippen molar-refractivity contribution in [3.05, 3.63) is 24.2 Å². The number of hydrogen-bond donors (Lipinski definition) is 1. The van der Waals surface area contributed by atoms with Crippen LogP contribution in [0.5, 0.6) is 0 Å². The predicted molar refractivity (Wildman–Crippen MR) is 90.1 cm³/mol. The molecular weight excluding hydrogens is 306 g/mol. The van der Waals surface area contributed by atoms with E-state index in [1.54, 1.807) is 11.2 Å². The molecule has 0 radical (unpaired) electrons. The lowest BCUT2D eigenvalue weighted by molar-refractivity contribution is -0.129. The van der Waals surface area contributed by atoms with Gasteiger partial charge in [0.25, 0.3) is 0 Å². The van der Waals surface area contributed by atoms with Crippen molar-refractivity contribution < 1.29 is 14.0 Å². The van der Waals surface area contributed by atoms with Crippen LogP contribution in [0.4, 0.5) is 0 Å². The summed E-state index contributed by atoms with van der Waals surface area (Å²) in [5.41, 5.74) is 0. The second-order valence-electron chi connectivity index (χ2n) is 6.88. The van der Waals surface area contributed by atoms with Crippen LogP contribution in [-0.2, 0) is 16.1 Å². The summed E-state index contributed by atoms with van der Waals surface area (Å²) in [6, 6.07) is 3.91. The normalized spacial score (nSPS) is 23.0. The van der Waals surface area contributed by atoms with Crippen molar-refractivity contribution in [2.24, 2.45) is 5.92 Å². The Kier molecular flexibility index (Phi) is 5.56. The van der Waals surface area contributed by atoms with Crippen LogP contribution in [0.2, 0.25) is 0 Å². The van der Waals surface area contributed by atoms with E-state index in [1.807, 2.05) is 12.1 Å². The SMILES string of the molecule is CCCN1CCC(NC(=O)C2CC(=O)N(Cc3ccco3)C2)CC1. The largest absolute Gasteiger partial charge is 0.467 e. The molecule has 3 rings (SSSR count). The molecule has 0 saturated carbocycles. The Morgan fingerprint density at radius 2 is 2.17 bits per heavy atom. The number of amides is 2. The summed E-state index contributed by atoms with van der Waals surface area (Å²) in [6.45, 7) is 6.37. The number of hydrogen-bond acceptors (Lipinski definition) is 4. The molecule has 1 aromatic rings. The molecule has 2 amide bonds. The molecule has 1 unspecified atom stereocenters. The number of rotatable bonds is 6. The Labute approximate surface area is 143 Å². The van der Waals surface area contributed by atoms with Gasteiger partial charge in [-0.15, -0.1) is 0 Å². The van der Waals surface area contributed by atoms with E-state index in [4.69, 9.17) is 4.42 Å². The monoisotopic (exact) mass is 333 g/mol. The van der Waals surface area contributed by atoms with E-state index in [-0.39, 0.29) is 23.8 Å². The van der Waals surface area contributed by atoms with Crippen LogP contribution in [0, 0.1) is 5.92 Å². The minimum absolute atomic E-state index is 0.0271. The van der Waals surface area contributed by atoms with Gasteiger partial charge in [0.2, 0.25) is 11.8 Å². The smallest absolute Gasteiger partial charge is 0.225 e. The van der Waals surface area contributed by atoms with Gasteiger partial charge >= 0.3 is 0 Å². The van der Waals surface area contributed by atoms with Crippen molar-refractivity contribution in [3.63, 3.8) is 0 Å². The quantitative estimate of drug-likeness (QED) is 0.859. The Hall–Kier alpha value is -1.82. The van der Waals surface area contributed by atoms with E-state index >= 15 is 0 Å². The van der Waals surface area contributed by atoms with E-state index in [9.17, 15) is 9.59 Å². The number of nitrogens with zero attached hydrogens (tertiary/aromatic N) is 2. The van der Waals surface area contributed by atoms with Gasteiger partial charge in [0.15, 0.2) is 0 Å². The summed E-state index contributed by atoms with van der Waals surface area (Å²) >= 11 is 0. The maximum Gasteiger partial charge on any atom is 0.225 e. The van der Waals surface area contributed by atoms with Gasteiger partial charge in [-0.3, -0.25) is 9.59 Å². The summed E-state index contributed by atoms with van der Waals surface area (Å²) in [5.74, 6) is 0.581. The zero-order valence-corrected chi connectivity index (χ0v) is 14.4. The fourth-order valence-electron chi connectivity index (χ4n) is 3.63. The van der Waals surface area contributed by atoms with Crippen molar-refractivity contribution in [1.29, 1.82) is 0 Å². The average Bonchev–Trinajstić information content (AvgIpc) is 3.20. The number of furan rings is 1. The maximum absolute atomic E-state index is 12.5. The van der Waals surface area contributed by atoms with Gasteiger partial charge in [0.1, 0.15) is 5.76 Å². The summed E-state index contributed by atoms with van der Waals surface area (Å²) in [7, 11) is 0. The third-order valence-electron chi connectivity index (χ3n) is 4.99. The standard InChI is InChI=1S/C18H27N3O3/c1-2-7-20-8-5-15(6-9-20)19-18(23)14-11-17(22)21(12-14)13-16-4-3-10-24-16/h3-4,10,14-15H,2,5-9,11-13H2,1H3,(H,19,23). The number of nitrogens with one attached hydrogen (secondary N) is 1. The van der Waals surface area contributed by atoms with Crippen LogP contribution in [0.15, 0.2) is 22.8 Å². The lowest BCUT2D eigenvalue weighted by Crippen LogP contribution is -2.46. The maximum atomic E-state index is 12.5. The highest BCUT2D eigenvalue weighted by Crippen LogP contribution is 2.21. The average molecular weight is 333 g/mol. The molecule has 2 aliphatic rings. The molecule has 2 saturated heterocycles. The van der Waals surface area contributed by atoms with Crippen LogP contribution in [0.3, 0.4) is 0 Å². The lowest BCUT2D eigenvalue weighted by atomic mass is 10.0. The summed E-state index contributed by atoms with van der Waals surface area (Å²) in [5, 5.41) is 3.16. The minimum atomic E-state index is -0.235. The van der Waals surface area contributed by atoms with E-state index in [0.717, 1.165) is 38.2 Å². The Balaban J connectivity index is 1.45. The van der Waals surface area contributed by atoms with Crippen LogP contribution in [-0.4, -0.2) is 53.8 Å². The first kappa shape index (κ1) is 17.0. The lowest BCUT2D eigenvalue weighted by Gasteiger charge is -2.32. The van der Waals surface area contributed by atoms with Gasteiger partial charge < -0.3 is 19.5 Å². The summed E-state index contributed by atoms with van der Waals surface area (Å²) in [6.07, 6.45) is 5.09. The molecule has 132 valence electrons. The molecule has 24 heavy (non-hydrogen) atoms. The Morgan fingerprint density at radius 3 is 2.83 bits per heavy atom. The van der Waals surface area contributed by atoms with Crippen LogP contribution >= 0.6 is 0 Å². The number of carbonyl (C=O) groups is 2. The first-order chi connectivity index (χ1) is 11.7. The molecule has 0 aliphatic carbocycles. The summed E-state index contributed by atoms with van der Waals surface area (Å²) < 4.78 is 5.29. The zero-order chi connectivity index (χ0) is 16.9. The third-order valence-corrected chi connectivity index (χ3v) is 4.99.